The van der Waals surface area contributed by atoms with E-state index in [0.29, 0.717) is 0 Å². The molecule has 108 valence electrons. The number of benzene rings is 3. The molecule has 3 aromatic carbocycles. The quantitative estimate of drug-likeness (QED) is 0.475. The van der Waals surface area contributed by atoms with E-state index in [0.717, 1.165) is 4.47 Å². The van der Waals surface area contributed by atoms with E-state index in [2.05, 4.69) is 96.5 Å². The maximum absolute atomic E-state index is 3.71. The Kier molecular flexibility index (Phi) is 3.02. The minimum atomic E-state index is 0.0409. The molecule has 0 saturated carbocycles. The molecule has 0 N–H and O–H groups in total. The van der Waals surface area contributed by atoms with Gasteiger partial charge in [-0.1, -0.05) is 84.4 Å². The third kappa shape index (κ3) is 1.89. The van der Waals surface area contributed by atoms with Crippen molar-refractivity contribution in [2.45, 2.75) is 19.3 Å². The highest BCUT2D eigenvalue weighted by molar-refractivity contribution is 9.10. The van der Waals surface area contributed by atoms with E-state index in [9.17, 15) is 0 Å². The standard InChI is InChI=1S/C21H17Br/c1-21(2)18-11-7-6-10-16(18)20-17(12-15(22)13-19(20)21)14-8-4-3-5-9-14/h3-13H,1-2H3. The van der Waals surface area contributed by atoms with Crippen LogP contribution in [-0.4, -0.2) is 0 Å². The fourth-order valence-corrected chi connectivity index (χ4v) is 4.08. The van der Waals surface area contributed by atoms with Crippen LogP contribution in [0, 0.1) is 0 Å². The summed E-state index contributed by atoms with van der Waals surface area (Å²) in [5.74, 6) is 0. The summed E-state index contributed by atoms with van der Waals surface area (Å²) < 4.78 is 1.14. The predicted octanol–water partition coefficient (Wildman–Crippen LogP) is 6.42. The molecule has 0 radical (unpaired) electrons. The van der Waals surface area contributed by atoms with Crippen LogP contribution in [0.15, 0.2) is 71.2 Å². The first-order valence-electron chi connectivity index (χ1n) is 7.58. The number of halogens is 1. The molecule has 1 heteroatoms. The number of hydrogen-bond acceptors (Lipinski definition) is 0. The highest BCUT2D eigenvalue weighted by atomic mass is 79.9. The van der Waals surface area contributed by atoms with Crippen molar-refractivity contribution in [1.82, 2.24) is 0 Å². The van der Waals surface area contributed by atoms with Gasteiger partial charge in [0.25, 0.3) is 0 Å². The van der Waals surface area contributed by atoms with Gasteiger partial charge in [0, 0.05) is 9.89 Å². The van der Waals surface area contributed by atoms with Gasteiger partial charge in [-0.05, 0) is 45.5 Å². The summed E-state index contributed by atoms with van der Waals surface area (Å²) in [7, 11) is 0. The van der Waals surface area contributed by atoms with Gasteiger partial charge in [0.2, 0.25) is 0 Å². The van der Waals surface area contributed by atoms with Gasteiger partial charge in [-0.15, -0.1) is 0 Å². The van der Waals surface area contributed by atoms with Crippen molar-refractivity contribution in [3.63, 3.8) is 0 Å². The molecule has 0 aliphatic heterocycles. The van der Waals surface area contributed by atoms with Crippen LogP contribution in [0.4, 0.5) is 0 Å². The van der Waals surface area contributed by atoms with Crippen molar-refractivity contribution in [1.29, 1.82) is 0 Å². The largest absolute Gasteiger partial charge is 0.0622 e. The maximum atomic E-state index is 3.71. The molecule has 0 spiro atoms. The highest BCUT2D eigenvalue weighted by Gasteiger charge is 2.36. The molecule has 4 rings (SSSR count). The van der Waals surface area contributed by atoms with Gasteiger partial charge in [-0.2, -0.15) is 0 Å². The van der Waals surface area contributed by atoms with E-state index < -0.39 is 0 Å². The molecular formula is C21H17Br. The molecule has 0 fully saturated rings. The lowest BCUT2D eigenvalue weighted by molar-refractivity contribution is 0.660. The van der Waals surface area contributed by atoms with Crippen LogP contribution in [0.25, 0.3) is 22.3 Å². The van der Waals surface area contributed by atoms with Gasteiger partial charge in [0.15, 0.2) is 0 Å². The average molecular weight is 349 g/mol. The molecule has 0 saturated heterocycles. The van der Waals surface area contributed by atoms with Gasteiger partial charge in [-0.3, -0.25) is 0 Å². The zero-order valence-electron chi connectivity index (χ0n) is 12.7. The minimum absolute atomic E-state index is 0.0409. The first-order chi connectivity index (χ1) is 10.6. The molecule has 1 aliphatic rings. The van der Waals surface area contributed by atoms with Gasteiger partial charge in [-0.25, -0.2) is 0 Å². The molecule has 0 amide bonds. The first kappa shape index (κ1) is 13.8. The van der Waals surface area contributed by atoms with Crippen LogP contribution >= 0.6 is 15.9 Å². The second kappa shape index (κ2) is 4.82. The maximum Gasteiger partial charge on any atom is 0.0184 e. The monoisotopic (exact) mass is 348 g/mol. The number of fused-ring (bicyclic) bond motifs is 3. The first-order valence-corrected chi connectivity index (χ1v) is 8.37. The summed E-state index contributed by atoms with van der Waals surface area (Å²) in [5.41, 5.74) is 8.20. The fourth-order valence-electron chi connectivity index (χ4n) is 3.63. The van der Waals surface area contributed by atoms with Crippen LogP contribution in [-0.2, 0) is 5.41 Å². The summed E-state index contributed by atoms with van der Waals surface area (Å²) >= 11 is 3.71. The van der Waals surface area contributed by atoms with Crippen LogP contribution in [0.2, 0.25) is 0 Å². The predicted molar refractivity (Wildman–Crippen MR) is 97.1 cm³/mol. The summed E-state index contributed by atoms with van der Waals surface area (Å²) in [5, 5.41) is 0. The van der Waals surface area contributed by atoms with Crippen LogP contribution in [0.1, 0.15) is 25.0 Å². The Labute approximate surface area is 140 Å². The van der Waals surface area contributed by atoms with Crippen molar-refractivity contribution in [3.8, 4) is 22.3 Å². The summed E-state index contributed by atoms with van der Waals surface area (Å²) in [6, 6.07) is 24.0. The van der Waals surface area contributed by atoms with Crippen molar-refractivity contribution in [2.75, 3.05) is 0 Å². The Hall–Kier alpha value is -1.86. The zero-order chi connectivity index (χ0) is 15.3. The second-order valence-corrected chi connectivity index (χ2v) is 7.33. The summed E-state index contributed by atoms with van der Waals surface area (Å²) in [4.78, 5) is 0. The Morgan fingerprint density at radius 3 is 2.18 bits per heavy atom. The Balaban J connectivity index is 2.11. The van der Waals surface area contributed by atoms with E-state index in [1.165, 1.54) is 33.4 Å². The zero-order valence-corrected chi connectivity index (χ0v) is 14.3. The minimum Gasteiger partial charge on any atom is -0.0622 e. The number of hydrogen-bond donors (Lipinski definition) is 0. The van der Waals surface area contributed by atoms with Gasteiger partial charge >= 0.3 is 0 Å². The van der Waals surface area contributed by atoms with Crippen molar-refractivity contribution < 1.29 is 0 Å². The van der Waals surface area contributed by atoms with Crippen LogP contribution in [0.3, 0.4) is 0 Å². The molecule has 0 aromatic heterocycles. The smallest absolute Gasteiger partial charge is 0.0184 e. The van der Waals surface area contributed by atoms with Gasteiger partial charge in [0.1, 0.15) is 0 Å². The molecular weight excluding hydrogens is 332 g/mol. The lowest BCUT2D eigenvalue weighted by atomic mass is 9.82. The third-order valence-electron chi connectivity index (χ3n) is 4.73. The fraction of sp³-hybridized carbons (Fsp3) is 0.143. The van der Waals surface area contributed by atoms with Crippen LogP contribution < -0.4 is 0 Å². The summed E-state index contributed by atoms with van der Waals surface area (Å²) in [6.07, 6.45) is 0. The highest BCUT2D eigenvalue weighted by Crippen LogP contribution is 2.52. The van der Waals surface area contributed by atoms with E-state index in [1.807, 2.05) is 0 Å². The molecule has 0 atom stereocenters. The molecule has 0 nitrogen and oxygen atoms in total. The Morgan fingerprint density at radius 2 is 1.41 bits per heavy atom. The molecule has 3 aromatic rings. The summed E-state index contributed by atoms with van der Waals surface area (Å²) in [6.45, 7) is 4.64. The van der Waals surface area contributed by atoms with E-state index in [4.69, 9.17) is 0 Å². The molecule has 1 aliphatic carbocycles. The van der Waals surface area contributed by atoms with Gasteiger partial charge in [0.05, 0.1) is 0 Å². The second-order valence-electron chi connectivity index (χ2n) is 6.41. The molecule has 0 unspecified atom stereocenters. The molecule has 22 heavy (non-hydrogen) atoms. The van der Waals surface area contributed by atoms with E-state index >= 15 is 0 Å². The van der Waals surface area contributed by atoms with Crippen molar-refractivity contribution in [3.05, 3.63) is 82.3 Å². The SMILES string of the molecule is CC1(C)c2ccccc2-c2c(-c3ccccc3)cc(Br)cc21. The Bertz CT molecular complexity index is 860. The van der Waals surface area contributed by atoms with E-state index in [-0.39, 0.29) is 5.41 Å². The van der Waals surface area contributed by atoms with E-state index in [1.54, 1.807) is 0 Å². The van der Waals surface area contributed by atoms with Gasteiger partial charge < -0.3 is 0 Å². The average Bonchev–Trinajstić information content (AvgIpc) is 2.76. The molecule has 0 bridgehead atoms. The topological polar surface area (TPSA) is 0 Å². The van der Waals surface area contributed by atoms with Crippen LogP contribution in [0.5, 0.6) is 0 Å². The Morgan fingerprint density at radius 1 is 0.727 bits per heavy atom. The number of rotatable bonds is 1. The van der Waals surface area contributed by atoms with Crippen molar-refractivity contribution >= 4 is 15.9 Å². The third-order valence-corrected chi connectivity index (χ3v) is 5.19. The lowest BCUT2D eigenvalue weighted by Crippen LogP contribution is -2.14. The molecule has 0 heterocycles. The van der Waals surface area contributed by atoms with Crippen molar-refractivity contribution in [2.24, 2.45) is 0 Å². The lowest BCUT2D eigenvalue weighted by Gasteiger charge is -2.22. The normalized spacial score (nSPS) is 14.5.